The van der Waals surface area contributed by atoms with Crippen LogP contribution in [0.5, 0.6) is 5.75 Å². The Kier molecular flexibility index (Phi) is 4.07. The summed E-state index contributed by atoms with van der Waals surface area (Å²) in [5.74, 6) is -0.557. The first-order chi connectivity index (χ1) is 9.20. The van der Waals surface area contributed by atoms with Gasteiger partial charge in [-0.15, -0.1) is 0 Å². The lowest BCUT2D eigenvalue weighted by Crippen LogP contribution is -2.24. The number of rotatable bonds is 4. The number of carbonyl (C=O) groups is 1. The lowest BCUT2D eigenvalue weighted by Gasteiger charge is -2.07. The van der Waals surface area contributed by atoms with Crippen LogP contribution in [0, 0.1) is 5.95 Å². The van der Waals surface area contributed by atoms with Crippen molar-refractivity contribution in [3.8, 4) is 5.75 Å². The van der Waals surface area contributed by atoms with Gasteiger partial charge in [0.15, 0.2) is 0 Å². The Balaban J connectivity index is 2.02. The number of pyridine rings is 1. The zero-order valence-electron chi connectivity index (χ0n) is 10.4. The van der Waals surface area contributed by atoms with Gasteiger partial charge >= 0.3 is 0 Å². The highest BCUT2D eigenvalue weighted by atomic mass is 19.1. The number of ether oxygens (including phenoxy) is 1. The Labute approximate surface area is 110 Å². The predicted molar refractivity (Wildman–Crippen MR) is 68.4 cm³/mol. The molecule has 1 N–H and O–H groups in total. The molecule has 0 atom stereocenters. The van der Waals surface area contributed by atoms with E-state index >= 15 is 0 Å². The Morgan fingerprint density at radius 3 is 2.95 bits per heavy atom. The topological polar surface area (TPSA) is 51.2 Å². The van der Waals surface area contributed by atoms with E-state index in [2.05, 4.69) is 10.3 Å². The average Bonchev–Trinajstić information content (AvgIpc) is 2.45. The fourth-order valence-corrected chi connectivity index (χ4v) is 1.62. The molecular weight excluding hydrogens is 247 g/mol. The SMILES string of the molecule is COc1cccc(CNC(=O)c2cccnc2F)c1. The van der Waals surface area contributed by atoms with E-state index in [1.807, 2.05) is 18.2 Å². The third kappa shape index (κ3) is 3.28. The number of nitrogens with zero attached hydrogens (tertiary/aromatic N) is 1. The molecule has 0 aliphatic heterocycles. The van der Waals surface area contributed by atoms with Crippen LogP contribution in [0.3, 0.4) is 0 Å². The largest absolute Gasteiger partial charge is 0.497 e. The number of halogens is 1. The van der Waals surface area contributed by atoms with Crippen LogP contribution in [0.25, 0.3) is 0 Å². The van der Waals surface area contributed by atoms with Gasteiger partial charge in [0, 0.05) is 12.7 Å². The normalized spacial score (nSPS) is 10.0. The Bertz CT molecular complexity index is 587. The first-order valence-corrected chi connectivity index (χ1v) is 5.72. The van der Waals surface area contributed by atoms with Crippen LogP contribution >= 0.6 is 0 Å². The summed E-state index contributed by atoms with van der Waals surface area (Å²) in [7, 11) is 1.57. The summed E-state index contributed by atoms with van der Waals surface area (Å²) in [6.07, 6.45) is 1.30. The molecule has 0 fully saturated rings. The number of carbonyl (C=O) groups excluding carboxylic acids is 1. The van der Waals surface area contributed by atoms with Crippen molar-refractivity contribution in [2.75, 3.05) is 7.11 Å². The van der Waals surface area contributed by atoms with Gasteiger partial charge in [0.25, 0.3) is 5.91 Å². The van der Waals surface area contributed by atoms with E-state index in [-0.39, 0.29) is 5.56 Å². The molecule has 5 heteroatoms. The van der Waals surface area contributed by atoms with Crippen LogP contribution in [0.1, 0.15) is 15.9 Å². The molecule has 1 aromatic carbocycles. The maximum Gasteiger partial charge on any atom is 0.256 e. The number of nitrogens with one attached hydrogen (secondary N) is 1. The molecule has 0 saturated carbocycles. The molecule has 0 radical (unpaired) electrons. The Morgan fingerprint density at radius 2 is 2.21 bits per heavy atom. The van der Waals surface area contributed by atoms with Crippen LogP contribution in [0.15, 0.2) is 42.6 Å². The third-order valence-corrected chi connectivity index (χ3v) is 2.59. The maximum atomic E-state index is 13.3. The second kappa shape index (κ2) is 5.95. The van der Waals surface area contributed by atoms with Crippen molar-refractivity contribution in [2.24, 2.45) is 0 Å². The lowest BCUT2D eigenvalue weighted by molar-refractivity contribution is 0.0946. The van der Waals surface area contributed by atoms with Crippen molar-refractivity contribution in [1.29, 1.82) is 0 Å². The highest BCUT2D eigenvalue weighted by Gasteiger charge is 2.11. The molecule has 1 heterocycles. The van der Waals surface area contributed by atoms with Gasteiger partial charge in [0.2, 0.25) is 5.95 Å². The number of benzene rings is 1. The van der Waals surface area contributed by atoms with Gasteiger partial charge in [-0.1, -0.05) is 12.1 Å². The second-order valence-corrected chi connectivity index (χ2v) is 3.88. The first kappa shape index (κ1) is 13.0. The van der Waals surface area contributed by atoms with Crippen molar-refractivity contribution in [3.05, 3.63) is 59.7 Å². The van der Waals surface area contributed by atoms with Crippen LogP contribution in [-0.2, 0) is 6.54 Å². The molecule has 1 aromatic heterocycles. The minimum atomic E-state index is -0.773. The van der Waals surface area contributed by atoms with Crippen molar-refractivity contribution >= 4 is 5.91 Å². The molecular formula is C14H13FN2O2. The Hall–Kier alpha value is -2.43. The van der Waals surface area contributed by atoms with E-state index in [1.54, 1.807) is 13.2 Å². The standard InChI is InChI=1S/C14H13FN2O2/c1-19-11-5-2-4-10(8-11)9-17-14(18)12-6-3-7-16-13(12)15/h2-8H,9H2,1H3,(H,17,18). The molecule has 4 nitrogen and oxygen atoms in total. The van der Waals surface area contributed by atoms with E-state index in [9.17, 15) is 9.18 Å². The molecule has 0 unspecified atom stereocenters. The molecule has 0 saturated heterocycles. The summed E-state index contributed by atoms with van der Waals surface area (Å²) in [6, 6.07) is 10.2. The highest BCUT2D eigenvalue weighted by molar-refractivity contribution is 5.94. The minimum absolute atomic E-state index is 0.0644. The molecule has 0 aliphatic rings. The summed E-state index contributed by atoms with van der Waals surface area (Å²) in [4.78, 5) is 15.2. The summed E-state index contributed by atoms with van der Waals surface area (Å²) >= 11 is 0. The van der Waals surface area contributed by atoms with Crippen LogP contribution in [-0.4, -0.2) is 18.0 Å². The van der Waals surface area contributed by atoms with Crippen LogP contribution in [0.4, 0.5) is 4.39 Å². The summed E-state index contributed by atoms with van der Waals surface area (Å²) < 4.78 is 18.4. The molecule has 0 aliphatic carbocycles. The van der Waals surface area contributed by atoms with Crippen molar-refractivity contribution in [3.63, 3.8) is 0 Å². The Morgan fingerprint density at radius 1 is 1.37 bits per heavy atom. The van der Waals surface area contributed by atoms with Crippen molar-refractivity contribution < 1.29 is 13.9 Å². The molecule has 2 aromatic rings. The second-order valence-electron chi connectivity index (χ2n) is 3.88. The van der Waals surface area contributed by atoms with Gasteiger partial charge in [-0.2, -0.15) is 4.39 Å². The maximum absolute atomic E-state index is 13.3. The van der Waals surface area contributed by atoms with Gasteiger partial charge in [-0.25, -0.2) is 4.98 Å². The molecule has 2 rings (SSSR count). The van der Waals surface area contributed by atoms with Crippen LogP contribution < -0.4 is 10.1 Å². The quantitative estimate of drug-likeness (QED) is 0.857. The minimum Gasteiger partial charge on any atom is -0.497 e. The number of methoxy groups -OCH3 is 1. The van der Waals surface area contributed by atoms with Crippen LogP contribution in [0.2, 0.25) is 0 Å². The fourth-order valence-electron chi connectivity index (χ4n) is 1.62. The molecule has 0 spiro atoms. The van der Waals surface area contributed by atoms with E-state index < -0.39 is 11.9 Å². The van der Waals surface area contributed by atoms with Gasteiger partial charge < -0.3 is 10.1 Å². The number of hydrogen-bond donors (Lipinski definition) is 1. The van der Waals surface area contributed by atoms with Crippen molar-refractivity contribution in [1.82, 2.24) is 10.3 Å². The summed E-state index contributed by atoms with van der Waals surface area (Å²) in [5.41, 5.74) is 0.808. The zero-order chi connectivity index (χ0) is 13.7. The van der Waals surface area contributed by atoms with E-state index in [0.717, 1.165) is 5.56 Å². The van der Waals surface area contributed by atoms with Gasteiger partial charge in [-0.05, 0) is 29.8 Å². The molecule has 98 valence electrons. The van der Waals surface area contributed by atoms with Gasteiger partial charge in [0.05, 0.1) is 12.7 Å². The highest BCUT2D eigenvalue weighted by Crippen LogP contribution is 2.12. The summed E-state index contributed by atoms with van der Waals surface area (Å²) in [6.45, 7) is 0.296. The molecule has 0 bridgehead atoms. The average molecular weight is 260 g/mol. The lowest BCUT2D eigenvalue weighted by atomic mass is 10.2. The number of amides is 1. The first-order valence-electron chi connectivity index (χ1n) is 5.72. The smallest absolute Gasteiger partial charge is 0.256 e. The number of hydrogen-bond acceptors (Lipinski definition) is 3. The van der Waals surface area contributed by atoms with Gasteiger partial charge in [0.1, 0.15) is 5.75 Å². The van der Waals surface area contributed by atoms with E-state index in [4.69, 9.17) is 4.74 Å². The third-order valence-electron chi connectivity index (χ3n) is 2.59. The monoisotopic (exact) mass is 260 g/mol. The predicted octanol–water partition coefficient (Wildman–Crippen LogP) is 2.16. The van der Waals surface area contributed by atoms with Gasteiger partial charge in [-0.3, -0.25) is 4.79 Å². The zero-order valence-corrected chi connectivity index (χ0v) is 10.4. The summed E-state index contributed by atoms with van der Waals surface area (Å²) in [5, 5.41) is 2.63. The van der Waals surface area contributed by atoms with E-state index in [1.165, 1.54) is 18.3 Å². The van der Waals surface area contributed by atoms with Crippen molar-refractivity contribution in [2.45, 2.75) is 6.54 Å². The molecule has 1 amide bonds. The number of aromatic nitrogens is 1. The fraction of sp³-hybridized carbons (Fsp3) is 0.143. The van der Waals surface area contributed by atoms with E-state index in [0.29, 0.717) is 12.3 Å². The molecule has 19 heavy (non-hydrogen) atoms.